The molecule has 0 bridgehead atoms. The van der Waals surface area contributed by atoms with Crippen molar-refractivity contribution < 1.29 is 0 Å². The summed E-state index contributed by atoms with van der Waals surface area (Å²) in [4.78, 5) is 23.8. The lowest BCUT2D eigenvalue weighted by Gasteiger charge is -2.19. The van der Waals surface area contributed by atoms with Crippen LogP contribution in [-0.4, -0.2) is 24.9 Å². The molecule has 5 nitrogen and oxygen atoms in total. The van der Waals surface area contributed by atoms with Gasteiger partial charge in [0.1, 0.15) is 5.82 Å². The van der Waals surface area contributed by atoms with Crippen LogP contribution < -0.4 is 0 Å². The Balaban J connectivity index is 1.20. The van der Waals surface area contributed by atoms with E-state index in [-0.39, 0.29) is 0 Å². The molecule has 0 atom stereocenters. The first-order chi connectivity index (χ1) is 29.2. The van der Waals surface area contributed by atoms with Gasteiger partial charge in [-0.3, -0.25) is 0 Å². The van der Waals surface area contributed by atoms with Crippen LogP contribution in [0, 0.1) is 0 Å². The normalized spacial score (nSPS) is 11.1. The van der Waals surface area contributed by atoms with E-state index in [1.54, 1.807) is 0 Å². The maximum Gasteiger partial charge on any atom is 0.164 e. The molecule has 5 heteroatoms. The number of H-pyrrole nitrogens is 1. The molecule has 2 aromatic heterocycles. The standard InChI is InChI=1S/C54H37N5/c1-6-19-37(20-7-1)49(38-21-8-2-9-22-38)50(39-23-10-3-11-24-39)43-30-18-29-42(33-43)44-34-45(53-55-47-31-16-17-32-48(47)56-53)36-46(35-44)54-58-51(40-25-12-4-13-26-40)57-52(59-54)41-27-14-5-15-28-41/h1-36H,(H,55,56). The zero-order valence-electron chi connectivity index (χ0n) is 32.1. The van der Waals surface area contributed by atoms with Crippen molar-refractivity contribution in [1.82, 2.24) is 24.9 Å². The first kappa shape index (κ1) is 35.4. The van der Waals surface area contributed by atoms with E-state index < -0.39 is 0 Å². The molecular weight excluding hydrogens is 719 g/mol. The molecule has 0 saturated heterocycles. The predicted octanol–water partition coefficient (Wildman–Crippen LogP) is 13.1. The van der Waals surface area contributed by atoms with Crippen LogP contribution >= 0.6 is 0 Å². The van der Waals surface area contributed by atoms with Crippen LogP contribution in [0.15, 0.2) is 218 Å². The first-order valence-corrected chi connectivity index (χ1v) is 19.7. The van der Waals surface area contributed by atoms with Crippen LogP contribution in [-0.2, 0) is 0 Å². The van der Waals surface area contributed by atoms with Gasteiger partial charge in [0.15, 0.2) is 17.5 Å². The molecule has 2 heterocycles. The first-order valence-electron chi connectivity index (χ1n) is 19.7. The quantitative estimate of drug-likeness (QED) is 0.149. The van der Waals surface area contributed by atoms with Gasteiger partial charge in [-0.15, -0.1) is 0 Å². The molecule has 0 amide bonds. The Kier molecular flexibility index (Phi) is 9.51. The molecule has 10 aromatic rings. The van der Waals surface area contributed by atoms with Crippen LogP contribution in [0.4, 0.5) is 0 Å². The molecule has 0 fully saturated rings. The lowest BCUT2D eigenvalue weighted by Crippen LogP contribution is -2.00. The predicted molar refractivity (Wildman–Crippen MR) is 241 cm³/mol. The summed E-state index contributed by atoms with van der Waals surface area (Å²) in [5.41, 5.74) is 14.4. The second kappa shape index (κ2) is 15.8. The minimum atomic E-state index is 0.577. The summed E-state index contributed by atoms with van der Waals surface area (Å²) in [7, 11) is 0. The SMILES string of the molecule is c1ccc(C(=C(c2ccccc2)c2cccc(-c3cc(-c4nc(-c5ccccc5)nc(-c5ccccc5)n4)cc(-c4nc5ccccc5[nH]4)c3)c2)c2ccccc2)cc1. The number of hydrogen-bond acceptors (Lipinski definition) is 4. The number of imidazole rings is 1. The molecule has 0 aliphatic rings. The molecule has 0 saturated carbocycles. The third-order valence-electron chi connectivity index (χ3n) is 10.5. The van der Waals surface area contributed by atoms with E-state index in [1.807, 2.05) is 78.9 Å². The highest BCUT2D eigenvalue weighted by Gasteiger charge is 2.19. The molecule has 0 unspecified atom stereocenters. The van der Waals surface area contributed by atoms with Crippen molar-refractivity contribution in [3.05, 3.63) is 241 Å². The van der Waals surface area contributed by atoms with Gasteiger partial charge in [0, 0.05) is 22.3 Å². The fraction of sp³-hybridized carbons (Fsp3) is 0. The maximum atomic E-state index is 5.13. The van der Waals surface area contributed by atoms with E-state index >= 15 is 0 Å². The van der Waals surface area contributed by atoms with E-state index in [9.17, 15) is 0 Å². The number of nitrogens with zero attached hydrogens (tertiary/aromatic N) is 4. The number of para-hydroxylation sites is 2. The Labute approximate surface area is 343 Å². The number of nitrogens with one attached hydrogen (secondary N) is 1. The van der Waals surface area contributed by atoms with Crippen LogP contribution in [0.25, 0.3) is 78.9 Å². The topological polar surface area (TPSA) is 67.3 Å². The van der Waals surface area contributed by atoms with Gasteiger partial charge in [0.25, 0.3) is 0 Å². The number of aromatic amines is 1. The summed E-state index contributed by atoms with van der Waals surface area (Å²) in [6, 6.07) is 75.7. The van der Waals surface area contributed by atoms with Crippen LogP contribution in [0.3, 0.4) is 0 Å². The molecule has 0 aliphatic heterocycles. The van der Waals surface area contributed by atoms with Crippen molar-refractivity contribution in [2.45, 2.75) is 0 Å². The lowest BCUT2D eigenvalue weighted by molar-refractivity contribution is 1.07. The molecule has 0 aliphatic carbocycles. The van der Waals surface area contributed by atoms with Gasteiger partial charge in [0.05, 0.1) is 11.0 Å². The van der Waals surface area contributed by atoms with Gasteiger partial charge in [0.2, 0.25) is 0 Å². The molecule has 59 heavy (non-hydrogen) atoms. The summed E-state index contributed by atoms with van der Waals surface area (Å²) in [6.45, 7) is 0. The monoisotopic (exact) mass is 755 g/mol. The van der Waals surface area contributed by atoms with E-state index in [4.69, 9.17) is 19.9 Å². The average molecular weight is 756 g/mol. The van der Waals surface area contributed by atoms with Gasteiger partial charge < -0.3 is 4.98 Å². The van der Waals surface area contributed by atoms with Gasteiger partial charge in [-0.1, -0.05) is 182 Å². The molecule has 278 valence electrons. The maximum absolute atomic E-state index is 5.13. The van der Waals surface area contributed by atoms with Crippen LogP contribution in [0.5, 0.6) is 0 Å². The molecule has 1 N–H and O–H groups in total. The number of hydrogen-bond donors (Lipinski definition) is 1. The van der Waals surface area contributed by atoms with E-state index in [1.165, 1.54) is 5.57 Å². The van der Waals surface area contributed by atoms with Crippen LogP contribution in [0.1, 0.15) is 22.3 Å². The van der Waals surface area contributed by atoms with Crippen molar-refractivity contribution >= 4 is 22.2 Å². The second-order valence-electron chi connectivity index (χ2n) is 14.4. The highest BCUT2D eigenvalue weighted by atomic mass is 15.0. The number of fused-ring (bicyclic) bond motifs is 1. The summed E-state index contributed by atoms with van der Waals surface area (Å²) >= 11 is 0. The number of aromatic nitrogens is 5. The zero-order chi connectivity index (χ0) is 39.4. The van der Waals surface area contributed by atoms with Gasteiger partial charge in [-0.05, 0) is 80.9 Å². The Morgan fingerprint density at radius 3 is 1.24 bits per heavy atom. The third kappa shape index (κ3) is 7.37. The third-order valence-corrected chi connectivity index (χ3v) is 10.5. The fourth-order valence-electron chi connectivity index (χ4n) is 7.67. The molecule has 0 radical (unpaired) electrons. The van der Waals surface area contributed by atoms with E-state index in [2.05, 4.69) is 145 Å². The highest BCUT2D eigenvalue weighted by Crippen LogP contribution is 2.39. The summed E-state index contributed by atoms with van der Waals surface area (Å²) in [5.74, 6) is 2.57. The average Bonchev–Trinajstić information content (AvgIpc) is 3.77. The Hall–Kier alpha value is -8.02. The van der Waals surface area contributed by atoms with Gasteiger partial charge in [-0.25, -0.2) is 19.9 Å². The zero-order valence-corrected chi connectivity index (χ0v) is 32.1. The molecule has 10 rings (SSSR count). The Morgan fingerprint density at radius 1 is 0.288 bits per heavy atom. The van der Waals surface area contributed by atoms with Gasteiger partial charge >= 0.3 is 0 Å². The molecular formula is C54H37N5. The number of rotatable bonds is 9. The van der Waals surface area contributed by atoms with Crippen molar-refractivity contribution in [2.75, 3.05) is 0 Å². The lowest BCUT2D eigenvalue weighted by atomic mass is 9.85. The minimum Gasteiger partial charge on any atom is -0.338 e. The van der Waals surface area contributed by atoms with Crippen molar-refractivity contribution in [2.24, 2.45) is 0 Å². The largest absolute Gasteiger partial charge is 0.338 e. The van der Waals surface area contributed by atoms with Crippen molar-refractivity contribution in [3.63, 3.8) is 0 Å². The summed E-state index contributed by atoms with van der Waals surface area (Å²) in [6.07, 6.45) is 0. The van der Waals surface area contributed by atoms with E-state index in [0.29, 0.717) is 17.5 Å². The Morgan fingerprint density at radius 2 is 0.695 bits per heavy atom. The second-order valence-corrected chi connectivity index (χ2v) is 14.4. The Bertz CT molecular complexity index is 2940. The summed E-state index contributed by atoms with van der Waals surface area (Å²) < 4.78 is 0. The van der Waals surface area contributed by atoms with Gasteiger partial charge in [-0.2, -0.15) is 0 Å². The van der Waals surface area contributed by atoms with Crippen molar-refractivity contribution in [3.8, 4) is 56.7 Å². The van der Waals surface area contributed by atoms with Crippen molar-refractivity contribution in [1.29, 1.82) is 0 Å². The highest BCUT2D eigenvalue weighted by molar-refractivity contribution is 6.05. The van der Waals surface area contributed by atoms with Crippen LogP contribution in [0.2, 0.25) is 0 Å². The fourth-order valence-corrected chi connectivity index (χ4v) is 7.67. The number of benzene rings is 8. The molecule has 0 spiro atoms. The minimum absolute atomic E-state index is 0.577. The molecule has 8 aromatic carbocycles. The smallest absolute Gasteiger partial charge is 0.164 e. The summed E-state index contributed by atoms with van der Waals surface area (Å²) in [5, 5.41) is 0. The van der Waals surface area contributed by atoms with E-state index in [0.717, 1.165) is 78.1 Å².